The van der Waals surface area contributed by atoms with Gasteiger partial charge < -0.3 is 19.3 Å². The van der Waals surface area contributed by atoms with Crippen LogP contribution >= 0.6 is 34.0 Å². The van der Waals surface area contributed by atoms with E-state index >= 15 is 0 Å². The van der Waals surface area contributed by atoms with E-state index in [4.69, 9.17) is 0 Å². The van der Waals surface area contributed by atoms with Gasteiger partial charge in [-0.3, -0.25) is 0 Å². The highest BCUT2D eigenvalue weighted by molar-refractivity contribution is 7.26. The van der Waals surface area contributed by atoms with Gasteiger partial charge in [-0.15, -0.1) is 34.0 Å². The Labute approximate surface area is 869 Å². The van der Waals surface area contributed by atoms with Crippen LogP contribution in [0.3, 0.4) is 0 Å². The van der Waals surface area contributed by atoms with E-state index in [2.05, 4.69) is 567 Å². The summed E-state index contributed by atoms with van der Waals surface area (Å²) in [5.41, 5.74) is 28.8. The Morgan fingerprint density at radius 1 is 0.176 bits per heavy atom. The lowest BCUT2D eigenvalue weighted by Crippen LogP contribution is -2.16. The van der Waals surface area contributed by atoms with Crippen molar-refractivity contribution in [3.05, 3.63) is 545 Å². The van der Waals surface area contributed by atoms with E-state index < -0.39 is 0 Å². The largest absolute Gasteiger partial charge is 0.310 e. The summed E-state index contributed by atoms with van der Waals surface area (Å²) in [6, 6.07) is 196. The van der Waals surface area contributed by atoms with E-state index in [0.29, 0.717) is 0 Å². The molecule has 1 aliphatic rings. The predicted molar refractivity (Wildman–Crippen MR) is 641 cm³/mol. The summed E-state index contributed by atoms with van der Waals surface area (Å²) in [6.07, 6.45) is 0. The van der Waals surface area contributed by atoms with Gasteiger partial charge in [0.1, 0.15) is 0 Å². The number of para-hydroxylation sites is 2. The lowest BCUT2D eigenvalue weighted by molar-refractivity contribution is 0.660. The number of fused-ring (bicyclic) bond motifs is 24. The van der Waals surface area contributed by atoms with E-state index in [9.17, 15) is 0 Å². The highest BCUT2D eigenvalue weighted by Crippen LogP contribution is 2.54. The molecule has 4 aromatic heterocycles. The van der Waals surface area contributed by atoms with Gasteiger partial charge >= 0.3 is 0 Å². The molecule has 7 heteroatoms. The zero-order valence-electron chi connectivity index (χ0n) is 81.3. The summed E-state index contributed by atoms with van der Waals surface area (Å²) in [4.78, 5) is 7.26. The highest BCUT2D eigenvalue weighted by atomic mass is 32.1. The van der Waals surface area contributed by atoms with Crippen LogP contribution in [-0.4, -0.2) is 4.57 Å². The van der Waals surface area contributed by atoms with E-state index in [-0.39, 0.29) is 5.41 Å². The predicted octanol–water partition coefficient (Wildman–Crippen LogP) is 41.6. The second kappa shape index (κ2) is 36.3. The van der Waals surface area contributed by atoms with E-state index in [1.54, 1.807) is 0 Å². The molecule has 25 aromatic carbocycles. The number of hydrogen-bond acceptors (Lipinski definition) is 6. The Morgan fingerprint density at radius 3 is 0.953 bits per heavy atom. The van der Waals surface area contributed by atoms with Crippen LogP contribution in [-0.2, 0) is 5.41 Å². The van der Waals surface area contributed by atoms with Gasteiger partial charge in [0.2, 0.25) is 0 Å². The fourth-order valence-corrected chi connectivity index (χ4v) is 26.5. The minimum Gasteiger partial charge on any atom is -0.310 e. The van der Waals surface area contributed by atoms with Gasteiger partial charge in [0.05, 0.1) is 16.7 Å². The number of nitrogens with zero attached hydrogens (tertiary/aromatic N) is 4. The molecule has 4 heterocycles. The second-order valence-electron chi connectivity index (χ2n) is 39.3. The average molecular weight is 1940 g/mol. The lowest BCUT2D eigenvalue weighted by Gasteiger charge is -2.28. The zero-order chi connectivity index (χ0) is 98.0. The first kappa shape index (κ1) is 87.7. The molecule has 0 radical (unpaired) electrons. The monoisotopic (exact) mass is 1940 g/mol. The molecule has 0 fully saturated rings. The molecule has 29 aromatic rings. The van der Waals surface area contributed by atoms with Crippen molar-refractivity contribution in [3.63, 3.8) is 0 Å². The summed E-state index contributed by atoms with van der Waals surface area (Å²) >= 11 is 5.64. The number of rotatable bonds is 14. The Balaban J connectivity index is 0.000000107. The summed E-state index contributed by atoms with van der Waals surface area (Å²) in [7, 11) is 0. The molecule has 1 aliphatic carbocycles. The second-order valence-corrected chi connectivity index (χ2v) is 42.6. The summed E-state index contributed by atoms with van der Waals surface area (Å²) in [6.45, 7) is 4.72. The molecular formula is C141H94N4S3. The van der Waals surface area contributed by atoms with Gasteiger partial charge in [-0.2, -0.15) is 0 Å². The Hall–Kier alpha value is -18.1. The molecule has 30 rings (SSSR count). The number of aromatic nitrogens is 1. The van der Waals surface area contributed by atoms with E-state index in [0.717, 1.165) is 51.2 Å². The SMILES string of the molecule is CC1(C)c2ccccc2-c2ccc(N(c3ccc(-c4ccccc4)cc3)c3ccc4ccc5cc6c(cc5c4c3)sc3ccccc36)cc21.c1ccc(-c2ccc(N(c3ccc(-c4ccccc4)cc3)c3ccc4ccc5cc6c(cc5c4c3)sc3ccccc36)cc2)cc1.c1ccc(-c2ccc(N(c3cccc(-n4c5ccccc5c5ccccc54)c3)c3cccc4ccc5cc6c(cc5c34)sc3ccccc36)cc2)cc1. The van der Waals surface area contributed by atoms with Crippen LogP contribution in [0.2, 0.25) is 0 Å². The van der Waals surface area contributed by atoms with Crippen LogP contribution in [0.1, 0.15) is 25.0 Å². The molecule has 0 saturated heterocycles. The molecule has 0 unspecified atom stereocenters. The van der Waals surface area contributed by atoms with Crippen LogP contribution in [0.25, 0.3) is 208 Å². The van der Waals surface area contributed by atoms with Crippen LogP contribution < -0.4 is 14.7 Å². The molecule has 696 valence electrons. The molecule has 0 amide bonds. The number of hydrogen-bond donors (Lipinski definition) is 0. The minimum absolute atomic E-state index is 0.0834. The third-order valence-corrected chi connectivity index (χ3v) is 33.8. The van der Waals surface area contributed by atoms with Gasteiger partial charge in [0.25, 0.3) is 0 Å². The molecule has 0 N–H and O–H groups in total. The molecule has 0 saturated carbocycles. The van der Waals surface area contributed by atoms with Crippen molar-refractivity contribution in [1.29, 1.82) is 0 Å². The van der Waals surface area contributed by atoms with Gasteiger partial charge in [0, 0.05) is 133 Å². The third kappa shape index (κ3) is 15.4. The normalized spacial score (nSPS) is 12.2. The first-order chi connectivity index (χ1) is 73.1. The van der Waals surface area contributed by atoms with Crippen LogP contribution in [0.5, 0.6) is 0 Å². The Morgan fingerprint density at radius 2 is 0.493 bits per heavy atom. The van der Waals surface area contributed by atoms with Crippen LogP contribution in [0.15, 0.2) is 534 Å². The van der Waals surface area contributed by atoms with Crippen LogP contribution in [0, 0.1) is 0 Å². The summed E-state index contributed by atoms with van der Waals surface area (Å²) < 4.78 is 10.4. The number of thiophene rings is 3. The van der Waals surface area contributed by atoms with Crippen molar-refractivity contribution < 1.29 is 0 Å². The number of anilines is 9. The fourth-order valence-electron chi connectivity index (χ4n) is 23.2. The average Bonchev–Trinajstić information content (AvgIpc) is 1.57. The maximum absolute atomic E-state index is 2.45. The van der Waals surface area contributed by atoms with E-state index in [1.165, 1.54) is 219 Å². The van der Waals surface area contributed by atoms with Crippen molar-refractivity contribution in [2.24, 2.45) is 0 Å². The number of benzene rings is 25. The van der Waals surface area contributed by atoms with Crippen molar-refractivity contribution in [2.75, 3.05) is 14.7 Å². The molecule has 0 atom stereocenters. The third-order valence-electron chi connectivity index (χ3n) is 30.4. The van der Waals surface area contributed by atoms with Gasteiger partial charge in [-0.05, 0) is 302 Å². The standard InChI is InChI=1S/C50H32N2S.C47H33NS.C44H29NS/c1-2-12-33(13-3-1)34-26-28-37(29-27-34)51(38-15-11-16-39(31-38)52-45-20-7-4-17-40(45)41-18-5-8-21-46(41)52)47-22-10-14-35-24-25-36-30-44-42-19-6-9-23-48(42)53-49(44)32-43(36)50(35)47;1-47(2)43-14-8-6-12-37(43)38-25-24-36(28-44(38)47)48(34-21-18-31(19-22-34)30-10-4-3-5-11-30)35-23-20-32-16-17-33-26-42-39-13-7-9-15-45(39)49-46(42)29-41(33)40(32)27-35;1-3-9-30(10-4-1)32-17-22-36(23-18-32)45(37-24-19-33(20-25-37)31-11-5-2-6-12-31)38-26-21-34-15-16-35-27-42-39-13-7-8-14-43(39)46-44(42)29-41(35)40(34)28-38/h1-32H;3-29H,1-2H3;1-29H. The molecule has 0 spiro atoms. The first-order valence-electron chi connectivity index (χ1n) is 50.8. The summed E-state index contributed by atoms with van der Waals surface area (Å²) in [5.74, 6) is 0. The van der Waals surface area contributed by atoms with Crippen molar-refractivity contribution in [1.82, 2.24) is 4.57 Å². The first-order valence-corrected chi connectivity index (χ1v) is 53.2. The Bertz CT molecular complexity index is 10100. The van der Waals surface area contributed by atoms with Crippen molar-refractivity contribution in [3.8, 4) is 61.3 Å². The molecule has 0 aliphatic heterocycles. The quantitative estimate of drug-likeness (QED) is 0.101. The fraction of sp³-hybridized carbons (Fsp3) is 0.0213. The van der Waals surface area contributed by atoms with Gasteiger partial charge in [0.15, 0.2) is 0 Å². The van der Waals surface area contributed by atoms with E-state index in [1.807, 2.05) is 34.0 Å². The Kier molecular flexibility index (Phi) is 21.5. The topological polar surface area (TPSA) is 14.7 Å². The molecule has 148 heavy (non-hydrogen) atoms. The molecular weight excluding hydrogens is 1850 g/mol. The van der Waals surface area contributed by atoms with Crippen LogP contribution in [0.4, 0.5) is 51.2 Å². The van der Waals surface area contributed by atoms with Gasteiger partial charge in [-0.1, -0.05) is 372 Å². The maximum Gasteiger partial charge on any atom is 0.0546 e. The zero-order valence-corrected chi connectivity index (χ0v) is 83.8. The van der Waals surface area contributed by atoms with Crippen molar-refractivity contribution >= 4 is 232 Å². The highest BCUT2D eigenvalue weighted by Gasteiger charge is 2.36. The van der Waals surface area contributed by atoms with Crippen molar-refractivity contribution in [2.45, 2.75) is 19.3 Å². The lowest BCUT2D eigenvalue weighted by atomic mass is 9.82. The minimum atomic E-state index is -0.0834. The smallest absolute Gasteiger partial charge is 0.0546 e. The molecule has 0 bridgehead atoms. The summed E-state index contributed by atoms with van der Waals surface area (Å²) in [5, 5.41) is 25.7. The molecule has 4 nitrogen and oxygen atoms in total. The maximum atomic E-state index is 2.45. The van der Waals surface area contributed by atoms with Gasteiger partial charge in [-0.25, -0.2) is 0 Å².